The van der Waals surface area contributed by atoms with Crippen molar-refractivity contribution in [3.8, 4) is 0 Å². The van der Waals surface area contributed by atoms with Crippen LogP contribution < -0.4 is 5.73 Å². The molecule has 5 heteroatoms. The number of rotatable bonds is 4. The number of aromatic nitrogens is 1. The van der Waals surface area contributed by atoms with Gasteiger partial charge in [0, 0.05) is 28.7 Å². The van der Waals surface area contributed by atoms with Crippen molar-refractivity contribution in [2.24, 2.45) is 5.73 Å². The maximum atomic E-state index is 12.0. The molecule has 0 saturated heterocycles. The largest absolute Gasteiger partial charge is 0.363 e. The van der Waals surface area contributed by atoms with Crippen LogP contribution in [0.2, 0.25) is 5.02 Å². The third-order valence-corrected chi connectivity index (χ3v) is 3.78. The van der Waals surface area contributed by atoms with Crippen molar-refractivity contribution in [3.63, 3.8) is 0 Å². The van der Waals surface area contributed by atoms with Gasteiger partial charge in [0.25, 0.3) is 11.7 Å². The van der Waals surface area contributed by atoms with E-state index in [-0.39, 0.29) is 0 Å². The molecular weight excluding hydrogens is 300 g/mol. The van der Waals surface area contributed by atoms with E-state index in [9.17, 15) is 9.59 Å². The lowest BCUT2D eigenvalue weighted by Gasteiger charge is -2.05. The summed E-state index contributed by atoms with van der Waals surface area (Å²) >= 11 is 5.89. The molecule has 3 rings (SSSR count). The van der Waals surface area contributed by atoms with Crippen LogP contribution in [0.1, 0.15) is 15.9 Å². The van der Waals surface area contributed by atoms with E-state index in [0.29, 0.717) is 17.1 Å². The van der Waals surface area contributed by atoms with Crippen molar-refractivity contribution in [2.75, 3.05) is 0 Å². The second kappa shape index (κ2) is 5.66. The maximum Gasteiger partial charge on any atom is 0.289 e. The summed E-state index contributed by atoms with van der Waals surface area (Å²) in [5.74, 6) is -1.62. The van der Waals surface area contributed by atoms with E-state index in [1.807, 2.05) is 53.1 Å². The number of primary amides is 1. The fourth-order valence-corrected chi connectivity index (χ4v) is 2.60. The zero-order valence-electron chi connectivity index (χ0n) is 11.6. The fraction of sp³-hybridized carbons (Fsp3) is 0.0588. The van der Waals surface area contributed by atoms with Crippen LogP contribution >= 0.6 is 11.6 Å². The third kappa shape index (κ3) is 2.61. The Balaban J connectivity index is 2.08. The van der Waals surface area contributed by atoms with Crippen molar-refractivity contribution in [3.05, 3.63) is 70.9 Å². The Labute approximate surface area is 132 Å². The molecule has 0 aliphatic rings. The zero-order valence-corrected chi connectivity index (χ0v) is 12.4. The standard InChI is InChI=1S/C17H13ClN2O2/c18-12-7-5-11(6-8-12)9-20-10-14(16(21)17(19)22)13-3-1-2-4-15(13)20/h1-8,10H,9H2,(H2,19,22). The maximum absolute atomic E-state index is 12.0. The fourth-order valence-electron chi connectivity index (χ4n) is 2.48. The van der Waals surface area contributed by atoms with E-state index in [1.165, 1.54) is 0 Å². The molecule has 0 radical (unpaired) electrons. The van der Waals surface area contributed by atoms with E-state index in [1.54, 1.807) is 6.20 Å². The predicted octanol–water partition coefficient (Wildman–Crippen LogP) is 3.01. The highest BCUT2D eigenvalue weighted by atomic mass is 35.5. The minimum atomic E-state index is -0.950. The number of nitrogens with two attached hydrogens (primary N) is 1. The van der Waals surface area contributed by atoms with Crippen LogP contribution in [-0.4, -0.2) is 16.3 Å². The summed E-state index contributed by atoms with van der Waals surface area (Å²) in [5.41, 5.74) is 7.38. The van der Waals surface area contributed by atoms with Gasteiger partial charge in [-0.3, -0.25) is 9.59 Å². The van der Waals surface area contributed by atoms with Crippen LogP contribution in [0.3, 0.4) is 0 Å². The number of benzene rings is 2. The normalized spacial score (nSPS) is 10.8. The highest BCUT2D eigenvalue weighted by Gasteiger charge is 2.18. The molecule has 0 atom stereocenters. The third-order valence-electron chi connectivity index (χ3n) is 3.52. The van der Waals surface area contributed by atoms with Gasteiger partial charge in [0.15, 0.2) is 0 Å². The lowest BCUT2D eigenvalue weighted by Crippen LogP contribution is -2.22. The molecule has 0 bridgehead atoms. The first-order valence-corrected chi connectivity index (χ1v) is 7.10. The number of Topliss-reactive ketones (excluding diaryl/α,β-unsaturated/α-hetero) is 1. The van der Waals surface area contributed by atoms with Gasteiger partial charge in [0.05, 0.1) is 5.56 Å². The van der Waals surface area contributed by atoms with Crippen molar-refractivity contribution in [1.29, 1.82) is 0 Å². The molecule has 0 aliphatic heterocycles. The van der Waals surface area contributed by atoms with Gasteiger partial charge < -0.3 is 10.3 Å². The van der Waals surface area contributed by atoms with E-state index in [4.69, 9.17) is 17.3 Å². The Hall–Kier alpha value is -2.59. The summed E-state index contributed by atoms with van der Waals surface area (Å²) < 4.78 is 1.93. The molecule has 110 valence electrons. The minimum absolute atomic E-state index is 0.331. The average Bonchev–Trinajstić information content (AvgIpc) is 2.88. The Bertz CT molecular complexity index is 866. The summed E-state index contributed by atoms with van der Waals surface area (Å²) in [6, 6.07) is 14.9. The topological polar surface area (TPSA) is 65.1 Å². The first-order chi connectivity index (χ1) is 10.6. The van der Waals surface area contributed by atoms with Crippen molar-refractivity contribution in [2.45, 2.75) is 6.54 Å². The highest BCUT2D eigenvalue weighted by molar-refractivity contribution is 6.44. The van der Waals surface area contributed by atoms with Gasteiger partial charge in [-0.2, -0.15) is 0 Å². The predicted molar refractivity (Wildman–Crippen MR) is 86.0 cm³/mol. The van der Waals surface area contributed by atoms with Crippen LogP contribution in [-0.2, 0) is 11.3 Å². The van der Waals surface area contributed by atoms with Gasteiger partial charge in [0.1, 0.15) is 0 Å². The molecule has 4 nitrogen and oxygen atoms in total. The number of carbonyl (C=O) groups excluding carboxylic acids is 2. The molecule has 0 saturated carbocycles. The van der Waals surface area contributed by atoms with Gasteiger partial charge >= 0.3 is 0 Å². The molecule has 0 unspecified atom stereocenters. The Morgan fingerprint density at radius 2 is 1.73 bits per heavy atom. The number of nitrogens with zero attached hydrogens (tertiary/aromatic N) is 1. The van der Waals surface area contributed by atoms with Gasteiger partial charge in [-0.15, -0.1) is 0 Å². The first-order valence-electron chi connectivity index (χ1n) is 6.72. The summed E-state index contributed by atoms with van der Waals surface area (Å²) in [7, 11) is 0. The van der Waals surface area contributed by atoms with Gasteiger partial charge in [0.2, 0.25) is 0 Å². The second-order valence-corrected chi connectivity index (χ2v) is 5.44. The van der Waals surface area contributed by atoms with Crippen molar-refractivity contribution < 1.29 is 9.59 Å². The summed E-state index contributed by atoms with van der Waals surface area (Å²) in [5, 5.41) is 1.39. The van der Waals surface area contributed by atoms with Crippen molar-refractivity contribution in [1.82, 2.24) is 4.57 Å². The number of para-hydroxylation sites is 1. The van der Waals surface area contributed by atoms with Crippen LogP contribution in [0.5, 0.6) is 0 Å². The molecule has 0 aliphatic carbocycles. The number of carbonyl (C=O) groups is 2. The SMILES string of the molecule is NC(=O)C(=O)c1cn(Cc2ccc(Cl)cc2)c2ccccc12. The molecule has 3 aromatic rings. The molecular formula is C17H13ClN2O2. The first kappa shape index (κ1) is 14.4. The van der Waals surface area contributed by atoms with Crippen LogP contribution in [0.15, 0.2) is 54.7 Å². The van der Waals surface area contributed by atoms with Gasteiger partial charge in [-0.05, 0) is 23.8 Å². The quantitative estimate of drug-likeness (QED) is 0.594. The number of ketones is 1. The summed E-state index contributed by atoms with van der Waals surface area (Å²) in [6.45, 7) is 0.573. The molecule has 22 heavy (non-hydrogen) atoms. The average molecular weight is 313 g/mol. The van der Waals surface area contributed by atoms with Crippen LogP contribution in [0.4, 0.5) is 0 Å². The molecule has 2 N–H and O–H groups in total. The monoisotopic (exact) mass is 312 g/mol. The van der Waals surface area contributed by atoms with E-state index in [0.717, 1.165) is 16.5 Å². The summed E-state index contributed by atoms with van der Waals surface area (Å²) in [4.78, 5) is 23.2. The lowest BCUT2D eigenvalue weighted by molar-refractivity contribution is -0.114. The zero-order chi connectivity index (χ0) is 15.7. The number of hydrogen-bond acceptors (Lipinski definition) is 2. The van der Waals surface area contributed by atoms with E-state index < -0.39 is 11.7 Å². The number of halogens is 1. The lowest BCUT2D eigenvalue weighted by atomic mass is 10.1. The van der Waals surface area contributed by atoms with E-state index in [2.05, 4.69) is 0 Å². The molecule has 0 spiro atoms. The molecule has 1 heterocycles. The Kier molecular flexibility index (Phi) is 3.69. The Morgan fingerprint density at radius 3 is 2.41 bits per heavy atom. The van der Waals surface area contributed by atoms with E-state index >= 15 is 0 Å². The molecule has 0 fully saturated rings. The smallest absolute Gasteiger partial charge is 0.289 e. The second-order valence-electron chi connectivity index (χ2n) is 5.01. The number of hydrogen-bond donors (Lipinski definition) is 1. The molecule has 2 aromatic carbocycles. The Morgan fingerprint density at radius 1 is 1.05 bits per heavy atom. The van der Waals surface area contributed by atoms with Crippen LogP contribution in [0.25, 0.3) is 10.9 Å². The highest BCUT2D eigenvalue weighted by Crippen LogP contribution is 2.23. The van der Waals surface area contributed by atoms with Gasteiger partial charge in [-0.25, -0.2) is 0 Å². The van der Waals surface area contributed by atoms with Crippen molar-refractivity contribution >= 4 is 34.2 Å². The number of amides is 1. The number of fused-ring (bicyclic) bond motifs is 1. The van der Waals surface area contributed by atoms with Crippen LogP contribution in [0, 0.1) is 0 Å². The minimum Gasteiger partial charge on any atom is -0.363 e. The van der Waals surface area contributed by atoms with Gasteiger partial charge in [-0.1, -0.05) is 41.9 Å². The summed E-state index contributed by atoms with van der Waals surface area (Å²) in [6.07, 6.45) is 1.67. The molecule has 1 aromatic heterocycles. The molecule has 1 amide bonds.